The number of carbonyl (C=O) groups excluding carboxylic acids is 2. The summed E-state index contributed by atoms with van der Waals surface area (Å²) in [5, 5.41) is 8.08. The molecule has 1 saturated carbocycles. The fourth-order valence-corrected chi connectivity index (χ4v) is 2.96. The molecule has 1 fully saturated rings. The van der Waals surface area contributed by atoms with Crippen molar-refractivity contribution in [2.75, 3.05) is 5.32 Å². The number of nitrogens with one attached hydrogen (secondary N) is 2. The molecule has 4 heteroatoms. The van der Waals surface area contributed by atoms with Gasteiger partial charge in [0.25, 0.3) is 0 Å². The highest BCUT2D eigenvalue weighted by Crippen LogP contribution is 2.26. The Morgan fingerprint density at radius 2 is 1.75 bits per heavy atom. The molecule has 4 nitrogen and oxygen atoms in total. The number of benzene rings is 2. The van der Waals surface area contributed by atoms with Gasteiger partial charge in [-0.05, 0) is 41.7 Å². The highest BCUT2D eigenvalue weighted by Gasteiger charge is 2.30. The molecule has 2 N–H and O–H groups in total. The van der Waals surface area contributed by atoms with Gasteiger partial charge in [0.05, 0.1) is 0 Å². The first-order valence-corrected chi connectivity index (χ1v) is 8.64. The smallest absolute Gasteiger partial charge is 0.247 e. The molecule has 2 aromatic carbocycles. The highest BCUT2D eigenvalue weighted by atomic mass is 16.2. The van der Waals surface area contributed by atoms with Crippen molar-refractivity contribution >= 4 is 28.3 Å². The van der Waals surface area contributed by atoms with Gasteiger partial charge in [-0.3, -0.25) is 9.59 Å². The van der Waals surface area contributed by atoms with Crippen LogP contribution in [0, 0.1) is 11.8 Å². The van der Waals surface area contributed by atoms with Crippen LogP contribution in [-0.2, 0) is 9.59 Å². The van der Waals surface area contributed by atoms with Crippen LogP contribution in [0.3, 0.4) is 0 Å². The van der Waals surface area contributed by atoms with Crippen molar-refractivity contribution in [1.29, 1.82) is 0 Å². The number of carbonyl (C=O) groups is 2. The van der Waals surface area contributed by atoms with Crippen LogP contribution in [0.2, 0.25) is 0 Å². The summed E-state index contributed by atoms with van der Waals surface area (Å²) in [4.78, 5) is 24.8. The van der Waals surface area contributed by atoms with E-state index in [0.717, 1.165) is 35.7 Å². The fraction of sp³-hybridized carbons (Fsp3) is 0.400. The summed E-state index contributed by atoms with van der Waals surface area (Å²) in [6, 6.07) is 13.4. The number of fused-ring (bicyclic) bond motifs is 1. The largest absolute Gasteiger partial charge is 0.344 e. The van der Waals surface area contributed by atoms with Gasteiger partial charge in [-0.1, -0.05) is 50.6 Å². The maximum absolute atomic E-state index is 12.6. The molecule has 0 radical (unpaired) electrons. The van der Waals surface area contributed by atoms with Crippen molar-refractivity contribution in [2.45, 2.75) is 39.2 Å². The van der Waals surface area contributed by atoms with E-state index in [1.165, 1.54) is 0 Å². The van der Waals surface area contributed by atoms with Crippen LogP contribution >= 0.6 is 0 Å². The van der Waals surface area contributed by atoms with Gasteiger partial charge in [-0.2, -0.15) is 0 Å². The zero-order valence-electron chi connectivity index (χ0n) is 14.2. The van der Waals surface area contributed by atoms with E-state index in [1.54, 1.807) is 0 Å². The molecule has 3 rings (SSSR count). The summed E-state index contributed by atoms with van der Waals surface area (Å²) in [6.45, 7) is 3.90. The van der Waals surface area contributed by atoms with Crippen molar-refractivity contribution in [2.24, 2.45) is 11.8 Å². The normalized spacial score (nSPS) is 15.8. The van der Waals surface area contributed by atoms with E-state index in [9.17, 15) is 9.59 Å². The van der Waals surface area contributed by atoms with E-state index >= 15 is 0 Å². The van der Waals surface area contributed by atoms with Crippen LogP contribution in [0.15, 0.2) is 42.5 Å². The summed E-state index contributed by atoms with van der Waals surface area (Å²) < 4.78 is 0. The second-order valence-corrected chi connectivity index (χ2v) is 6.91. The maximum Gasteiger partial charge on any atom is 0.247 e. The first-order chi connectivity index (χ1) is 11.5. The number of hydrogen-bond acceptors (Lipinski definition) is 2. The maximum atomic E-state index is 12.6. The second-order valence-electron chi connectivity index (χ2n) is 6.91. The minimum absolute atomic E-state index is 0.00797. The Balaban J connectivity index is 1.70. The van der Waals surface area contributed by atoms with E-state index in [0.29, 0.717) is 0 Å². The summed E-state index contributed by atoms with van der Waals surface area (Å²) in [7, 11) is 0. The van der Waals surface area contributed by atoms with E-state index in [1.807, 2.05) is 56.3 Å². The molecule has 1 unspecified atom stereocenters. The lowest BCUT2D eigenvalue weighted by molar-refractivity contribution is -0.131. The molecule has 0 saturated heterocycles. The van der Waals surface area contributed by atoms with Gasteiger partial charge in [0, 0.05) is 11.6 Å². The standard InChI is InChI=1S/C20H24N2O2/c1-13(2)18(22-19(23)15-8-5-9-15)20(24)21-17-11-10-14-6-3-4-7-16(14)12-17/h3-4,6-7,10-13,15,18H,5,8-9H2,1-2H3,(H,21,24)(H,22,23). The minimum Gasteiger partial charge on any atom is -0.344 e. The van der Waals surface area contributed by atoms with Crippen molar-refractivity contribution in [3.8, 4) is 0 Å². The third-order valence-electron chi connectivity index (χ3n) is 4.74. The third kappa shape index (κ3) is 3.58. The lowest BCUT2D eigenvalue weighted by atomic mass is 9.84. The van der Waals surface area contributed by atoms with E-state index < -0.39 is 6.04 Å². The van der Waals surface area contributed by atoms with Gasteiger partial charge in [0.1, 0.15) is 6.04 Å². The summed E-state index contributed by atoms with van der Waals surface area (Å²) in [6.07, 6.45) is 2.97. The topological polar surface area (TPSA) is 58.2 Å². The Kier molecular flexibility index (Phi) is 4.84. The van der Waals surface area contributed by atoms with Gasteiger partial charge in [-0.15, -0.1) is 0 Å². The van der Waals surface area contributed by atoms with E-state index in [-0.39, 0.29) is 23.7 Å². The predicted octanol–water partition coefficient (Wildman–Crippen LogP) is 3.72. The van der Waals surface area contributed by atoms with Gasteiger partial charge < -0.3 is 10.6 Å². The lowest BCUT2D eigenvalue weighted by Crippen LogP contribution is -2.49. The second kappa shape index (κ2) is 7.04. The molecule has 1 atom stereocenters. The summed E-state index contributed by atoms with van der Waals surface area (Å²) in [5.74, 6) is -0.0317. The molecule has 0 aromatic heterocycles. The number of anilines is 1. The van der Waals surface area contributed by atoms with Gasteiger partial charge in [-0.25, -0.2) is 0 Å². The van der Waals surface area contributed by atoms with Crippen molar-refractivity contribution in [3.05, 3.63) is 42.5 Å². The quantitative estimate of drug-likeness (QED) is 0.880. The molecular weight excluding hydrogens is 300 g/mol. The van der Waals surface area contributed by atoms with E-state index in [4.69, 9.17) is 0 Å². The number of amides is 2. The first-order valence-electron chi connectivity index (χ1n) is 8.64. The average molecular weight is 324 g/mol. The Morgan fingerprint density at radius 1 is 1.04 bits per heavy atom. The predicted molar refractivity (Wildman–Crippen MR) is 96.7 cm³/mol. The van der Waals surface area contributed by atoms with E-state index in [2.05, 4.69) is 10.6 Å². The number of hydrogen-bond donors (Lipinski definition) is 2. The minimum atomic E-state index is -0.510. The Morgan fingerprint density at radius 3 is 2.38 bits per heavy atom. The molecule has 2 aromatic rings. The van der Waals surface area contributed by atoms with Crippen molar-refractivity contribution in [1.82, 2.24) is 5.32 Å². The molecular formula is C20H24N2O2. The first kappa shape index (κ1) is 16.5. The van der Waals surface area contributed by atoms with Crippen LogP contribution in [-0.4, -0.2) is 17.9 Å². The fourth-order valence-electron chi connectivity index (χ4n) is 2.96. The summed E-state index contributed by atoms with van der Waals surface area (Å²) in [5.41, 5.74) is 0.752. The number of rotatable bonds is 5. The van der Waals surface area contributed by atoms with Crippen LogP contribution in [0.5, 0.6) is 0 Å². The molecule has 0 spiro atoms. The zero-order chi connectivity index (χ0) is 17.1. The van der Waals surface area contributed by atoms with Gasteiger partial charge in [0.2, 0.25) is 11.8 Å². The van der Waals surface area contributed by atoms with Crippen LogP contribution < -0.4 is 10.6 Å². The Hall–Kier alpha value is -2.36. The molecule has 2 amide bonds. The molecule has 1 aliphatic rings. The molecule has 0 bridgehead atoms. The molecule has 0 aliphatic heterocycles. The Bertz CT molecular complexity index is 750. The van der Waals surface area contributed by atoms with Crippen LogP contribution in [0.4, 0.5) is 5.69 Å². The highest BCUT2D eigenvalue weighted by molar-refractivity contribution is 5.99. The van der Waals surface area contributed by atoms with Crippen LogP contribution in [0.1, 0.15) is 33.1 Å². The molecule has 24 heavy (non-hydrogen) atoms. The monoisotopic (exact) mass is 324 g/mol. The SMILES string of the molecule is CC(C)C(NC(=O)C1CCC1)C(=O)Nc1ccc2ccccc2c1. The Labute approximate surface area is 142 Å². The molecule has 126 valence electrons. The third-order valence-corrected chi connectivity index (χ3v) is 4.74. The van der Waals surface area contributed by atoms with Gasteiger partial charge in [0.15, 0.2) is 0 Å². The van der Waals surface area contributed by atoms with Gasteiger partial charge >= 0.3 is 0 Å². The molecule has 1 aliphatic carbocycles. The van der Waals surface area contributed by atoms with Crippen molar-refractivity contribution in [3.63, 3.8) is 0 Å². The van der Waals surface area contributed by atoms with Crippen molar-refractivity contribution < 1.29 is 9.59 Å². The zero-order valence-corrected chi connectivity index (χ0v) is 14.2. The average Bonchev–Trinajstić information content (AvgIpc) is 2.50. The lowest BCUT2D eigenvalue weighted by Gasteiger charge is -2.28. The summed E-state index contributed by atoms with van der Waals surface area (Å²) >= 11 is 0. The molecule has 0 heterocycles. The van der Waals surface area contributed by atoms with Crippen LogP contribution in [0.25, 0.3) is 10.8 Å².